The number of nitrogens with one attached hydrogen (secondary N) is 4. The molecule has 2 amide bonds. The standard InChI is InChI=1S/C21H27N5O2/c1-2-17-7-3-4-8-18(17)24-20(27)15-23-21(28)16-25-11-13-26(14-12-25)19-9-5-6-10-22-19/h3-10H,2,11-16H2,1H3,(H,23,28)(H,24,27)/p+2. The van der Waals surface area contributed by atoms with Crippen LogP contribution in [0.25, 0.3) is 0 Å². The van der Waals surface area contributed by atoms with Crippen LogP contribution in [-0.2, 0) is 16.0 Å². The number of quaternary nitrogens is 1. The number of aromatic nitrogens is 1. The number of amides is 2. The molecule has 1 aromatic carbocycles. The smallest absolute Gasteiger partial charge is 0.275 e. The molecule has 0 spiro atoms. The Bertz CT molecular complexity index is 788. The first kappa shape index (κ1) is 19.8. The molecule has 1 aliphatic rings. The van der Waals surface area contributed by atoms with Crippen molar-refractivity contribution < 1.29 is 19.5 Å². The second-order valence-corrected chi connectivity index (χ2v) is 7.00. The molecule has 0 radical (unpaired) electrons. The van der Waals surface area contributed by atoms with Crippen LogP contribution in [-0.4, -0.2) is 51.1 Å². The highest BCUT2D eigenvalue weighted by molar-refractivity contribution is 5.95. The summed E-state index contributed by atoms with van der Waals surface area (Å²) in [7, 11) is 0. The van der Waals surface area contributed by atoms with Crippen molar-refractivity contribution in [1.29, 1.82) is 0 Å². The zero-order valence-corrected chi connectivity index (χ0v) is 16.3. The number of aryl methyl sites for hydroxylation is 1. The fourth-order valence-corrected chi connectivity index (χ4v) is 3.43. The van der Waals surface area contributed by atoms with Gasteiger partial charge in [-0.05, 0) is 24.1 Å². The van der Waals surface area contributed by atoms with Gasteiger partial charge in [0.05, 0.1) is 12.7 Å². The van der Waals surface area contributed by atoms with Crippen molar-refractivity contribution in [2.45, 2.75) is 13.3 Å². The Morgan fingerprint density at radius 1 is 1.07 bits per heavy atom. The van der Waals surface area contributed by atoms with Gasteiger partial charge in [-0.2, -0.15) is 0 Å². The molecular formula is C21H29N5O2+2. The van der Waals surface area contributed by atoms with Crippen LogP contribution in [0.1, 0.15) is 12.5 Å². The topological polar surface area (TPSA) is 80.0 Å². The maximum absolute atomic E-state index is 12.2. The average molecular weight is 383 g/mol. The summed E-state index contributed by atoms with van der Waals surface area (Å²) in [6, 6.07) is 13.8. The monoisotopic (exact) mass is 383 g/mol. The Morgan fingerprint density at radius 3 is 2.54 bits per heavy atom. The molecule has 148 valence electrons. The molecule has 0 aliphatic carbocycles. The van der Waals surface area contributed by atoms with Gasteiger partial charge in [0.1, 0.15) is 26.2 Å². The number of nitrogens with zero attached hydrogens (tertiary/aromatic N) is 1. The zero-order chi connectivity index (χ0) is 19.8. The second kappa shape index (κ2) is 9.85. The predicted molar refractivity (Wildman–Crippen MR) is 108 cm³/mol. The number of hydrogen-bond acceptors (Lipinski definition) is 3. The van der Waals surface area contributed by atoms with Crippen LogP contribution in [0.15, 0.2) is 48.7 Å². The summed E-state index contributed by atoms with van der Waals surface area (Å²) in [5.74, 6) is 0.817. The summed E-state index contributed by atoms with van der Waals surface area (Å²) in [6.07, 6.45) is 2.77. The number of anilines is 2. The fourth-order valence-electron chi connectivity index (χ4n) is 3.43. The van der Waals surface area contributed by atoms with E-state index in [4.69, 9.17) is 0 Å². The minimum atomic E-state index is -0.200. The first-order chi connectivity index (χ1) is 13.7. The molecule has 0 bridgehead atoms. The Balaban J connectivity index is 1.38. The number of aromatic amines is 1. The highest BCUT2D eigenvalue weighted by Gasteiger charge is 2.27. The van der Waals surface area contributed by atoms with Crippen molar-refractivity contribution in [3.05, 3.63) is 54.2 Å². The van der Waals surface area contributed by atoms with Gasteiger partial charge in [-0.3, -0.25) is 14.5 Å². The van der Waals surface area contributed by atoms with Crippen LogP contribution in [0.3, 0.4) is 0 Å². The summed E-state index contributed by atoms with van der Waals surface area (Å²) in [5.41, 5.74) is 1.89. The van der Waals surface area contributed by atoms with Crippen LogP contribution in [0.5, 0.6) is 0 Å². The van der Waals surface area contributed by atoms with E-state index < -0.39 is 0 Å². The zero-order valence-electron chi connectivity index (χ0n) is 16.3. The minimum Gasteiger partial charge on any atom is -0.342 e. The molecule has 28 heavy (non-hydrogen) atoms. The Kier molecular flexibility index (Phi) is 6.97. The van der Waals surface area contributed by atoms with E-state index in [1.54, 1.807) is 0 Å². The minimum absolute atomic E-state index is 0.00470. The number of carbonyl (C=O) groups excluding carboxylic acids is 2. The van der Waals surface area contributed by atoms with E-state index in [1.165, 1.54) is 4.90 Å². The third-order valence-electron chi connectivity index (χ3n) is 5.03. The van der Waals surface area contributed by atoms with Crippen molar-refractivity contribution in [3.8, 4) is 0 Å². The van der Waals surface area contributed by atoms with Gasteiger partial charge in [0, 0.05) is 11.8 Å². The number of carbonyl (C=O) groups is 2. The maximum atomic E-state index is 12.2. The molecule has 1 aliphatic heterocycles. The molecule has 7 nitrogen and oxygen atoms in total. The summed E-state index contributed by atoms with van der Waals surface area (Å²) in [6.45, 7) is 6.03. The normalized spacial score (nSPS) is 14.5. The maximum Gasteiger partial charge on any atom is 0.275 e. The largest absolute Gasteiger partial charge is 0.342 e. The van der Waals surface area contributed by atoms with Crippen LogP contribution < -0.4 is 25.4 Å². The van der Waals surface area contributed by atoms with Gasteiger partial charge in [-0.25, -0.2) is 4.98 Å². The van der Waals surface area contributed by atoms with E-state index in [0.29, 0.717) is 6.54 Å². The lowest BCUT2D eigenvalue weighted by Crippen LogP contribution is -3.16. The van der Waals surface area contributed by atoms with Crippen LogP contribution in [0, 0.1) is 0 Å². The summed E-state index contributed by atoms with van der Waals surface area (Å²) in [4.78, 5) is 31.1. The lowest BCUT2D eigenvalue weighted by Gasteiger charge is -2.27. The summed E-state index contributed by atoms with van der Waals surface area (Å²) < 4.78 is 0. The van der Waals surface area contributed by atoms with Crippen LogP contribution in [0.2, 0.25) is 0 Å². The van der Waals surface area contributed by atoms with Gasteiger partial charge in [0.15, 0.2) is 6.54 Å². The molecule has 4 N–H and O–H groups in total. The summed E-state index contributed by atoms with van der Waals surface area (Å²) in [5, 5.41) is 5.61. The molecule has 1 aromatic heterocycles. The van der Waals surface area contributed by atoms with Gasteiger partial charge in [0.2, 0.25) is 5.91 Å². The molecule has 3 rings (SSSR count). The number of hydrogen-bond donors (Lipinski definition) is 3. The van der Waals surface area contributed by atoms with E-state index in [0.717, 1.165) is 49.7 Å². The van der Waals surface area contributed by atoms with Gasteiger partial charge in [-0.1, -0.05) is 31.2 Å². The molecular weight excluding hydrogens is 354 g/mol. The average Bonchev–Trinajstić information content (AvgIpc) is 2.74. The van der Waals surface area contributed by atoms with E-state index in [-0.39, 0.29) is 18.4 Å². The first-order valence-electron chi connectivity index (χ1n) is 9.85. The van der Waals surface area contributed by atoms with E-state index in [9.17, 15) is 9.59 Å². The van der Waals surface area contributed by atoms with E-state index in [2.05, 4.69) is 26.6 Å². The second-order valence-electron chi connectivity index (χ2n) is 7.00. The lowest BCUT2D eigenvalue weighted by molar-refractivity contribution is -0.892. The Labute approximate surface area is 165 Å². The van der Waals surface area contributed by atoms with Gasteiger partial charge < -0.3 is 15.5 Å². The first-order valence-corrected chi connectivity index (χ1v) is 9.85. The molecule has 7 heteroatoms. The number of rotatable bonds is 7. The Morgan fingerprint density at radius 2 is 1.82 bits per heavy atom. The lowest BCUT2D eigenvalue weighted by atomic mass is 10.1. The molecule has 1 fully saturated rings. The van der Waals surface area contributed by atoms with E-state index in [1.807, 2.05) is 49.5 Å². The van der Waals surface area contributed by atoms with Gasteiger partial charge in [0.25, 0.3) is 11.7 Å². The van der Waals surface area contributed by atoms with Crippen LogP contribution in [0.4, 0.5) is 11.5 Å². The molecule has 0 unspecified atom stereocenters. The van der Waals surface area contributed by atoms with Crippen molar-refractivity contribution in [1.82, 2.24) is 5.32 Å². The molecule has 0 atom stereocenters. The number of pyridine rings is 1. The van der Waals surface area contributed by atoms with Crippen molar-refractivity contribution in [2.24, 2.45) is 0 Å². The fraction of sp³-hybridized carbons (Fsp3) is 0.381. The van der Waals surface area contributed by atoms with Gasteiger partial charge >= 0.3 is 0 Å². The van der Waals surface area contributed by atoms with E-state index >= 15 is 0 Å². The predicted octanol–water partition coefficient (Wildman–Crippen LogP) is -0.477. The SMILES string of the molecule is CCc1ccccc1NC(=O)CNC(=O)C[NH+]1CCN(c2cccc[nH+]2)CC1. The highest BCUT2D eigenvalue weighted by atomic mass is 16.2. The number of piperazine rings is 1. The molecule has 1 saturated heterocycles. The summed E-state index contributed by atoms with van der Waals surface area (Å²) >= 11 is 0. The molecule has 0 saturated carbocycles. The van der Waals surface area contributed by atoms with Crippen molar-refractivity contribution >= 4 is 23.3 Å². The third kappa shape index (κ3) is 5.53. The number of H-pyrrole nitrogens is 1. The Hall–Kier alpha value is -2.93. The number of para-hydroxylation sites is 1. The highest BCUT2D eigenvalue weighted by Crippen LogP contribution is 2.14. The van der Waals surface area contributed by atoms with Gasteiger partial charge in [-0.15, -0.1) is 0 Å². The van der Waals surface area contributed by atoms with Crippen molar-refractivity contribution in [3.63, 3.8) is 0 Å². The van der Waals surface area contributed by atoms with Crippen LogP contribution >= 0.6 is 0 Å². The number of benzene rings is 1. The quantitative estimate of drug-likeness (QED) is 0.604. The third-order valence-corrected chi connectivity index (χ3v) is 5.03. The molecule has 2 heterocycles. The van der Waals surface area contributed by atoms with Crippen molar-refractivity contribution in [2.75, 3.05) is 49.5 Å². The molecule has 2 aromatic rings.